The number of hydrogen-bond donors (Lipinski definition) is 1. The highest BCUT2D eigenvalue weighted by Crippen LogP contribution is 2.37. The van der Waals surface area contributed by atoms with Gasteiger partial charge in [-0.2, -0.15) is 0 Å². The van der Waals surface area contributed by atoms with Crippen molar-refractivity contribution in [3.8, 4) is 23.0 Å². The Balaban J connectivity index is 1.46. The molecule has 8 nitrogen and oxygen atoms in total. The summed E-state index contributed by atoms with van der Waals surface area (Å²) in [4.78, 5) is 9.38. The predicted octanol–water partition coefficient (Wildman–Crippen LogP) is 6.13. The summed E-state index contributed by atoms with van der Waals surface area (Å²) < 4.78 is 27.4. The molecule has 0 spiro atoms. The van der Waals surface area contributed by atoms with Crippen molar-refractivity contribution in [2.24, 2.45) is 19.1 Å². The largest absolute Gasteiger partial charge is 0.497 e. The lowest BCUT2D eigenvalue weighted by Crippen LogP contribution is -2.68. The van der Waals surface area contributed by atoms with E-state index >= 15 is 0 Å². The summed E-state index contributed by atoms with van der Waals surface area (Å²) >= 11 is 0. The first kappa shape index (κ1) is 36.3. The zero-order valence-corrected chi connectivity index (χ0v) is 33.3. The van der Waals surface area contributed by atoms with Crippen LogP contribution in [0.4, 0.5) is 0 Å². The number of fused-ring (bicyclic) bond motifs is 6. The van der Waals surface area contributed by atoms with Crippen LogP contribution in [0.25, 0.3) is 22.3 Å². The third kappa shape index (κ3) is 6.38. The summed E-state index contributed by atoms with van der Waals surface area (Å²) in [6, 6.07) is 39.5. The van der Waals surface area contributed by atoms with Gasteiger partial charge in [-0.05, 0) is 101 Å². The van der Waals surface area contributed by atoms with E-state index in [9.17, 15) is 0 Å². The highest BCUT2D eigenvalue weighted by Gasteiger charge is 2.28. The van der Waals surface area contributed by atoms with Crippen LogP contribution >= 0.6 is 0 Å². The number of aryl methyl sites for hydroxylation is 1. The van der Waals surface area contributed by atoms with Crippen LogP contribution in [0, 0.1) is 0 Å². The highest BCUT2D eigenvalue weighted by atomic mass is 16.5. The zero-order chi connectivity index (χ0) is 39.9. The van der Waals surface area contributed by atoms with Gasteiger partial charge in [-0.25, -0.2) is 9.98 Å². The summed E-state index contributed by atoms with van der Waals surface area (Å²) in [5, 5.41) is 2.02. The fourth-order valence-corrected chi connectivity index (χ4v) is 8.18. The van der Waals surface area contributed by atoms with E-state index in [-0.39, 0.29) is 0 Å². The van der Waals surface area contributed by atoms with Crippen LogP contribution in [0.3, 0.4) is 0 Å². The van der Waals surface area contributed by atoms with Crippen molar-refractivity contribution in [2.75, 3.05) is 28.4 Å². The minimum Gasteiger partial charge on any atom is -0.497 e. The van der Waals surface area contributed by atoms with E-state index in [1.54, 1.807) is 28.4 Å². The molecule has 3 aliphatic heterocycles. The van der Waals surface area contributed by atoms with Gasteiger partial charge in [0.25, 0.3) is 0 Å². The van der Waals surface area contributed by atoms with Crippen molar-refractivity contribution in [2.45, 2.75) is 0 Å². The van der Waals surface area contributed by atoms with Crippen molar-refractivity contribution in [1.29, 1.82) is 0 Å². The molecule has 3 aliphatic rings. The lowest BCUT2D eigenvalue weighted by Gasteiger charge is -2.13. The first-order chi connectivity index (χ1) is 28.4. The van der Waals surface area contributed by atoms with Crippen molar-refractivity contribution >= 4 is 33.7 Å². The molecular formula is C50H43N4O4+. The normalized spacial score (nSPS) is 14.6. The van der Waals surface area contributed by atoms with Crippen LogP contribution in [0.2, 0.25) is 0 Å². The molecule has 1 N–H and O–H groups in total. The fraction of sp³-hybridized carbons (Fsp3) is 0.120. The summed E-state index contributed by atoms with van der Waals surface area (Å²) in [5.41, 5.74) is 13.7. The van der Waals surface area contributed by atoms with Gasteiger partial charge >= 0.3 is 0 Å². The molecule has 9 rings (SSSR count). The van der Waals surface area contributed by atoms with Crippen LogP contribution in [-0.2, 0) is 14.1 Å². The highest BCUT2D eigenvalue weighted by molar-refractivity contribution is 6.31. The van der Waals surface area contributed by atoms with Crippen LogP contribution < -0.4 is 34.6 Å². The average molecular weight is 764 g/mol. The second-order valence-electron chi connectivity index (χ2n) is 14.3. The van der Waals surface area contributed by atoms with Crippen LogP contribution in [0.15, 0.2) is 162 Å². The van der Waals surface area contributed by atoms with E-state index in [0.29, 0.717) is 0 Å². The standard InChI is InChI=1S/C50H42N4O4/c1-53-30-35-29-46(53)50(34-14-10-18-39(28-34)58-6)43-22-21-42(52-43)49(33-13-9-17-38(27-33)57-5)45-24-23-44(54(45)2)48(32-12-8-16-37(26-32)56-4)41-20-19-40(51-41)47(35)31-11-7-15-36(25-31)55-3/h7-30H,1-6H3/p+1. The van der Waals surface area contributed by atoms with Gasteiger partial charge in [0.15, 0.2) is 0 Å². The van der Waals surface area contributed by atoms with Gasteiger partial charge in [0.05, 0.1) is 67.4 Å². The van der Waals surface area contributed by atoms with E-state index < -0.39 is 0 Å². The Morgan fingerprint density at radius 3 is 1.53 bits per heavy atom. The Hall–Kier alpha value is -7.32. The number of rotatable bonds is 8. The Labute approximate surface area is 337 Å². The first-order valence-corrected chi connectivity index (χ1v) is 19.1. The Kier molecular flexibility index (Phi) is 9.38. The lowest BCUT2D eigenvalue weighted by molar-refractivity contribution is -0.383. The summed E-state index contributed by atoms with van der Waals surface area (Å²) in [6.07, 6.45) is 10.8. The van der Waals surface area contributed by atoms with Gasteiger partial charge in [0, 0.05) is 49.2 Å². The molecule has 0 aliphatic carbocycles. The number of hydrogen-bond acceptors (Lipinski definition) is 5. The minimum atomic E-state index is 0.768. The van der Waals surface area contributed by atoms with Crippen molar-refractivity contribution in [3.63, 3.8) is 0 Å². The smallest absolute Gasteiger partial charge is 0.214 e. The van der Waals surface area contributed by atoms with E-state index in [0.717, 1.165) is 112 Å². The summed E-state index contributed by atoms with van der Waals surface area (Å²) in [7, 11) is 11.0. The molecule has 286 valence electrons. The Morgan fingerprint density at radius 2 is 0.983 bits per heavy atom. The molecule has 0 unspecified atom stereocenters. The summed E-state index contributed by atoms with van der Waals surface area (Å²) in [5.74, 6) is 3.09. The SMILES string of the molecule is COc1cccc(C2=C3C=CC(=[NH+]3)C(c3cccc(OC)c3)=c3ccc(n3C)=C(c3cccc(OC)c3)C3=NC(=C(c4cccc(OC)c4)c4cc2cn4C)C=C3)c1. The fourth-order valence-electron chi connectivity index (χ4n) is 8.18. The Morgan fingerprint density at radius 1 is 0.483 bits per heavy atom. The number of methoxy groups -OCH3 is 4. The molecule has 2 aromatic heterocycles. The molecule has 0 saturated carbocycles. The quantitative estimate of drug-likeness (QED) is 0.203. The minimum absolute atomic E-state index is 0.768. The molecule has 0 fully saturated rings. The second-order valence-corrected chi connectivity index (χ2v) is 14.3. The first-order valence-electron chi connectivity index (χ1n) is 19.1. The molecule has 5 heterocycles. The number of ether oxygens (including phenoxy) is 4. The molecule has 0 radical (unpaired) electrons. The van der Waals surface area contributed by atoms with Gasteiger partial charge in [0.2, 0.25) is 11.4 Å². The van der Waals surface area contributed by atoms with E-state index in [2.05, 4.69) is 125 Å². The maximum Gasteiger partial charge on any atom is 0.214 e. The topological polar surface area (TPSA) is 73.1 Å². The van der Waals surface area contributed by atoms with E-state index in [1.165, 1.54) is 0 Å². The molecule has 4 aromatic carbocycles. The lowest BCUT2D eigenvalue weighted by atomic mass is 9.95. The molecule has 8 heteroatoms. The molecule has 6 aromatic rings. The monoisotopic (exact) mass is 763 g/mol. The molecular weight excluding hydrogens is 721 g/mol. The predicted molar refractivity (Wildman–Crippen MR) is 231 cm³/mol. The van der Waals surface area contributed by atoms with Gasteiger partial charge in [-0.15, -0.1) is 0 Å². The third-order valence-corrected chi connectivity index (χ3v) is 11.0. The van der Waals surface area contributed by atoms with E-state index in [1.807, 2.05) is 48.5 Å². The van der Waals surface area contributed by atoms with Gasteiger partial charge in [-0.1, -0.05) is 48.5 Å². The number of nitrogens with zero attached hydrogens (tertiary/aromatic N) is 3. The number of benzene rings is 4. The van der Waals surface area contributed by atoms with Crippen LogP contribution in [0.5, 0.6) is 23.0 Å². The van der Waals surface area contributed by atoms with Crippen molar-refractivity contribution < 1.29 is 23.9 Å². The maximum absolute atomic E-state index is 5.75. The van der Waals surface area contributed by atoms with E-state index in [4.69, 9.17) is 23.9 Å². The maximum atomic E-state index is 5.75. The number of aliphatic imine (C=N–C) groups is 1. The third-order valence-electron chi connectivity index (χ3n) is 11.0. The molecule has 8 bridgehead atoms. The van der Waals surface area contributed by atoms with Crippen molar-refractivity contribution in [3.05, 3.63) is 201 Å². The van der Waals surface area contributed by atoms with Crippen molar-refractivity contribution in [1.82, 2.24) is 9.13 Å². The zero-order valence-electron chi connectivity index (χ0n) is 33.3. The molecule has 0 amide bonds. The van der Waals surface area contributed by atoms with Gasteiger partial charge in [-0.3, -0.25) is 0 Å². The number of aromatic nitrogens is 2. The second kappa shape index (κ2) is 15.0. The summed E-state index contributed by atoms with van der Waals surface area (Å²) in [6.45, 7) is 0. The molecule has 0 atom stereocenters. The van der Waals surface area contributed by atoms with Gasteiger partial charge in [0.1, 0.15) is 23.0 Å². The Bertz CT molecular complexity index is 2970. The number of allylic oxidation sites excluding steroid dienone is 4. The van der Waals surface area contributed by atoms with Crippen LogP contribution in [0.1, 0.15) is 33.5 Å². The van der Waals surface area contributed by atoms with Crippen LogP contribution in [-0.4, -0.2) is 49.0 Å². The average Bonchev–Trinajstić information content (AvgIpc) is 4.08. The number of nitrogens with one attached hydrogen (secondary N) is 1. The van der Waals surface area contributed by atoms with Gasteiger partial charge < -0.3 is 28.1 Å². The molecule has 0 saturated heterocycles. The molecule has 58 heavy (non-hydrogen) atoms.